The lowest BCUT2D eigenvalue weighted by Gasteiger charge is -1.98. The van der Waals surface area contributed by atoms with E-state index in [9.17, 15) is 14.5 Å². The minimum Gasteiger partial charge on any atom is -0.246 e. The van der Waals surface area contributed by atoms with Crippen LogP contribution in [0.25, 0.3) is 0 Å². The Labute approximate surface area is 90.4 Å². The Kier molecular flexibility index (Phi) is 3.30. The van der Waals surface area contributed by atoms with Crippen LogP contribution in [0.4, 0.5) is 4.39 Å². The number of hydrogen-bond acceptors (Lipinski definition) is 2. The van der Waals surface area contributed by atoms with Gasteiger partial charge in [-0.2, -0.15) is 4.39 Å². The van der Waals surface area contributed by atoms with Gasteiger partial charge in [0.25, 0.3) is 0 Å². The average molecular weight is 312 g/mol. The molecule has 0 heterocycles. The van der Waals surface area contributed by atoms with Crippen molar-refractivity contribution in [3.63, 3.8) is 0 Å². The smallest absolute Gasteiger partial charge is 0.246 e. The molecule has 0 bridgehead atoms. The molecule has 0 aromatic rings. The molecule has 68 valence electrons. The zero-order valence-corrected chi connectivity index (χ0v) is 9.30. The molecular formula is C7H3Br2FNO2+. The van der Waals surface area contributed by atoms with Crippen molar-refractivity contribution in [2.24, 2.45) is 0 Å². The van der Waals surface area contributed by atoms with Gasteiger partial charge in [-0.25, -0.2) is 10.1 Å². The van der Waals surface area contributed by atoms with E-state index in [1.807, 2.05) is 0 Å². The number of nitrogens with zero attached hydrogens (tertiary/aromatic N) is 1. The molecule has 0 spiro atoms. The summed E-state index contributed by atoms with van der Waals surface area (Å²) in [5.41, 5.74) is -0.407. The molecule has 0 unspecified atom stereocenters. The van der Waals surface area contributed by atoms with Gasteiger partial charge in [-0.1, -0.05) is 31.9 Å². The van der Waals surface area contributed by atoms with E-state index in [1.54, 1.807) is 0 Å². The van der Waals surface area contributed by atoms with Crippen LogP contribution < -0.4 is 0 Å². The van der Waals surface area contributed by atoms with E-state index in [0.29, 0.717) is 0 Å². The molecule has 6 heteroatoms. The SMILES string of the molecule is O=[N+]([O-])C1=C[C+]=CC(C(Br)Br)=C1F. The summed E-state index contributed by atoms with van der Waals surface area (Å²) in [6.07, 6.45) is 4.84. The lowest BCUT2D eigenvalue weighted by Crippen LogP contribution is -2.06. The largest absolute Gasteiger partial charge is 0.415 e. The maximum atomic E-state index is 13.3. The molecule has 0 amide bonds. The fourth-order valence-corrected chi connectivity index (χ4v) is 1.44. The van der Waals surface area contributed by atoms with Crippen LogP contribution in [0, 0.1) is 16.2 Å². The highest BCUT2D eigenvalue weighted by Crippen LogP contribution is 2.30. The Bertz CT molecular complexity index is 333. The first-order chi connectivity index (χ1) is 6.04. The first-order valence-electron chi connectivity index (χ1n) is 3.16. The monoisotopic (exact) mass is 310 g/mol. The lowest BCUT2D eigenvalue weighted by molar-refractivity contribution is -0.422. The number of rotatable bonds is 2. The summed E-state index contributed by atoms with van der Waals surface area (Å²) in [7, 11) is 0. The number of alkyl halides is 2. The van der Waals surface area contributed by atoms with Gasteiger partial charge < -0.3 is 0 Å². The van der Waals surface area contributed by atoms with E-state index in [4.69, 9.17) is 0 Å². The topological polar surface area (TPSA) is 43.1 Å². The van der Waals surface area contributed by atoms with Gasteiger partial charge >= 0.3 is 11.5 Å². The molecular weight excluding hydrogens is 309 g/mol. The standard InChI is InChI=1S/C7H3Br2FNO2/c8-7(9)4-2-1-3-5(6(4)10)11(12)13/h2-3,7H/q+1. The van der Waals surface area contributed by atoms with Crippen molar-refractivity contribution in [3.05, 3.63) is 45.4 Å². The molecule has 0 radical (unpaired) electrons. The van der Waals surface area contributed by atoms with Gasteiger partial charge in [0.15, 0.2) is 6.08 Å². The van der Waals surface area contributed by atoms with Crippen molar-refractivity contribution in [1.29, 1.82) is 0 Å². The van der Waals surface area contributed by atoms with Crippen LogP contribution in [0.5, 0.6) is 0 Å². The summed E-state index contributed by atoms with van der Waals surface area (Å²) in [5.74, 6) is -0.845. The lowest BCUT2D eigenvalue weighted by atomic mass is 10.1. The number of halogens is 3. The second-order valence-electron chi connectivity index (χ2n) is 2.17. The highest BCUT2D eigenvalue weighted by Gasteiger charge is 2.34. The summed E-state index contributed by atoms with van der Waals surface area (Å²) in [5, 5.41) is 10.3. The van der Waals surface area contributed by atoms with Crippen molar-refractivity contribution in [1.82, 2.24) is 0 Å². The minimum atomic E-state index is -0.845. The maximum Gasteiger partial charge on any atom is 0.415 e. The summed E-state index contributed by atoms with van der Waals surface area (Å²) in [6, 6.07) is 0. The third kappa shape index (κ3) is 2.21. The van der Waals surface area contributed by atoms with Gasteiger partial charge in [0, 0.05) is 6.08 Å². The molecule has 3 nitrogen and oxygen atoms in total. The Morgan fingerprint density at radius 1 is 1.62 bits per heavy atom. The normalized spacial score (nSPS) is 15.8. The van der Waals surface area contributed by atoms with E-state index in [1.165, 1.54) is 6.08 Å². The van der Waals surface area contributed by atoms with Crippen molar-refractivity contribution < 1.29 is 9.31 Å². The molecule has 13 heavy (non-hydrogen) atoms. The maximum absolute atomic E-state index is 13.3. The molecule has 0 N–H and O–H groups in total. The van der Waals surface area contributed by atoms with Crippen molar-refractivity contribution in [2.45, 2.75) is 3.74 Å². The van der Waals surface area contributed by atoms with Crippen LogP contribution in [-0.2, 0) is 0 Å². The van der Waals surface area contributed by atoms with E-state index in [-0.39, 0.29) is 5.57 Å². The first-order valence-corrected chi connectivity index (χ1v) is 4.99. The number of allylic oxidation sites excluding steroid dienone is 5. The average Bonchev–Trinajstić information content (AvgIpc) is 2.03. The van der Waals surface area contributed by atoms with Crippen LogP contribution in [0.2, 0.25) is 0 Å². The quantitative estimate of drug-likeness (QED) is 0.341. The third-order valence-electron chi connectivity index (χ3n) is 1.37. The van der Waals surface area contributed by atoms with Crippen LogP contribution in [-0.4, -0.2) is 8.66 Å². The number of nitro groups is 1. The summed E-state index contributed by atoms with van der Waals surface area (Å²) in [4.78, 5) is 9.53. The van der Waals surface area contributed by atoms with Crippen LogP contribution >= 0.6 is 31.9 Å². The Morgan fingerprint density at radius 3 is 2.69 bits per heavy atom. The molecule has 0 fully saturated rings. The molecule has 1 aliphatic rings. The fraction of sp³-hybridized carbons (Fsp3) is 0.143. The van der Waals surface area contributed by atoms with Gasteiger partial charge in [0.1, 0.15) is 20.3 Å². The summed E-state index contributed by atoms with van der Waals surface area (Å²) in [6.45, 7) is 0. The van der Waals surface area contributed by atoms with Crippen molar-refractivity contribution >= 4 is 31.9 Å². The molecule has 0 saturated heterocycles. The molecule has 0 aromatic carbocycles. The molecule has 0 atom stereocenters. The number of hydrogen-bond donors (Lipinski definition) is 0. The van der Waals surface area contributed by atoms with E-state index < -0.39 is 20.2 Å². The molecule has 0 saturated carbocycles. The fourth-order valence-electron chi connectivity index (χ4n) is 0.777. The predicted molar refractivity (Wildman–Crippen MR) is 52.7 cm³/mol. The highest BCUT2D eigenvalue weighted by atomic mass is 79.9. The molecule has 0 aromatic heterocycles. The summed E-state index contributed by atoms with van der Waals surface area (Å²) >= 11 is 6.10. The Balaban J connectivity index is 3.13. The molecule has 0 aliphatic heterocycles. The van der Waals surface area contributed by atoms with Gasteiger partial charge in [0.2, 0.25) is 0 Å². The Hall–Kier alpha value is -0.580. The zero-order chi connectivity index (χ0) is 10.0. The first kappa shape index (κ1) is 10.5. The zero-order valence-electron chi connectivity index (χ0n) is 6.13. The van der Waals surface area contributed by atoms with E-state index >= 15 is 0 Å². The van der Waals surface area contributed by atoms with Crippen LogP contribution in [0.3, 0.4) is 0 Å². The second-order valence-corrected chi connectivity index (χ2v) is 5.23. The van der Waals surface area contributed by atoms with Crippen molar-refractivity contribution in [2.75, 3.05) is 0 Å². The van der Waals surface area contributed by atoms with Crippen LogP contribution in [0.15, 0.2) is 29.2 Å². The highest BCUT2D eigenvalue weighted by molar-refractivity contribution is 9.24. The second kappa shape index (κ2) is 4.09. The van der Waals surface area contributed by atoms with E-state index in [0.717, 1.165) is 6.08 Å². The van der Waals surface area contributed by atoms with E-state index in [2.05, 4.69) is 37.9 Å². The summed E-state index contributed by atoms with van der Waals surface area (Å²) < 4.78 is 12.8. The third-order valence-corrected chi connectivity index (χ3v) is 2.36. The Morgan fingerprint density at radius 2 is 2.23 bits per heavy atom. The van der Waals surface area contributed by atoms with Gasteiger partial charge in [-0.3, -0.25) is 0 Å². The van der Waals surface area contributed by atoms with Gasteiger partial charge in [0.05, 0.1) is 0 Å². The molecule has 1 rings (SSSR count). The van der Waals surface area contributed by atoms with Crippen molar-refractivity contribution in [3.8, 4) is 0 Å². The van der Waals surface area contributed by atoms with Gasteiger partial charge in [-0.15, -0.1) is 0 Å². The van der Waals surface area contributed by atoms with Crippen LogP contribution in [0.1, 0.15) is 0 Å². The predicted octanol–water partition coefficient (Wildman–Crippen LogP) is 2.86. The molecule has 1 aliphatic carbocycles. The van der Waals surface area contributed by atoms with Gasteiger partial charge in [-0.05, 0) is 0 Å². The minimum absolute atomic E-state index is 0.161.